The van der Waals surface area contributed by atoms with Crippen LogP contribution in [0, 0.1) is 0 Å². The predicted octanol–water partition coefficient (Wildman–Crippen LogP) is 10.6. The molecule has 0 aliphatic heterocycles. The molecule has 0 nitrogen and oxygen atoms in total. The van der Waals surface area contributed by atoms with Crippen molar-refractivity contribution in [3.63, 3.8) is 0 Å². The molecule has 0 saturated carbocycles. The van der Waals surface area contributed by atoms with E-state index in [0.29, 0.717) is 5.27 Å². The van der Waals surface area contributed by atoms with E-state index in [9.17, 15) is 0 Å². The van der Waals surface area contributed by atoms with Crippen molar-refractivity contribution >= 4 is 82.4 Å². The molecule has 0 aromatic heterocycles. The van der Waals surface area contributed by atoms with Crippen LogP contribution in [-0.2, 0) is 0 Å². The van der Waals surface area contributed by atoms with E-state index < -0.39 is 48.4 Å². The SMILES string of the molecule is CSB(SC)c1c(C([Si](C)(C)C)[Si](C)(C)C)cc(C([Si](C)(C)C)[Si](C)(C)C)cc1C([Si](C)(C)C)[Si](C)(C)C. The van der Waals surface area contributed by atoms with Crippen LogP contribution in [0.25, 0.3) is 0 Å². The minimum absolute atomic E-state index is 0.525. The summed E-state index contributed by atoms with van der Waals surface area (Å²) >= 11 is 4.19. The first-order valence-corrected chi connectivity index (χ1v) is 38.9. The Morgan fingerprint density at radius 1 is 0.447 bits per heavy atom. The highest BCUT2D eigenvalue weighted by Gasteiger charge is 2.47. The summed E-state index contributed by atoms with van der Waals surface area (Å²) in [4.78, 5) is 0. The van der Waals surface area contributed by atoms with E-state index in [1.54, 1.807) is 11.0 Å². The summed E-state index contributed by atoms with van der Waals surface area (Å²) in [6, 6.07) is 5.71. The van der Waals surface area contributed by atoms with Gasteiger partial charge in [0.15, 0.2) is 0 Å². The van der Waals surface area contributed by atoms with Crippen LogP contribution in [0.1, 0.15) is 32.2 Å². The van der Waals surface area contributed by atoms with Crippen LogP contribution in [0.4, 0.5) is 0 Å². The molecule has 0 bridgehead atoms. The minimum Gasteiger partial charge on any atom is -0.194 e. The van der Waals surface area contributed by atoms with Crippen LogP contribution in [-0.4, -0.2) is 66.2 Å². The quantitative estimate of drug-likeness (QED) is 0.205. The smallest absolute Gasteiger partial charge is 0.194 e. The van der Waals surface area contributed by atoms with Gasteiger partial charge in [0.2, 0.25) is 0 Å². The van der Waals surface area contributed by atoms with Gasteiger partial charge in [-0.1, -0.05) is 147 Å². The summed E-state index contributed by atoms with van der Waals surface area (Å²) < 4.78 is 0. The molecule has 0 unspecified atom stereocenters. The molecular weight excluding hydrogens is 592 g/mol. The summed E-state index contributed by atoms with van der Waals surface area (Å²) in [5.74, 6) is 0. The van der Waals surface area contributed by atoms with Gasteiger partial charge in [0.25, 0.3) is 0 Å². The monoisotopic (exact) mass is 656 g/mol. The average Bonchev–Trinajstić information content (AvgIpc) is 2.57. The largest absolute Gasteiger partial charge is 0.307 e. The van der Waals surface area contributed by atoms with Crippen LogP contribution < -0.4 is 5.46 Å². The highest BCUT2D eigenvalue weighted by molar-refractivity contribution is 8.55. The zero-order valence-corrected chi connectivity index (χ0v) is 36.9. The highest BCUT2D eigenvalue weighted by atomic mass is 32.2. The summed E-state index contributed by atoms with van der Waals surface area (Å²) in [7, 11) is -8.76. The second-order valence-corrected chi connectivity index (χ2v) is 54.2. The Hall–Kier alpha value is 1.29. The zero-order valence-electron chi connectivity index (χ0n) is 29.3. The molecule has 1 aromatic carbocycles. The van der Waals surface area contributed by atoms with Gasteiger partial charge in [-0.25, -0.2) is 0 Å². The second kappa shape index (κ2) is 12.5. The maximum atomic E-state index is 2.85. The van der Waals surface area contributed by atoms with Crippen molar-refractivity contribution in [3.8, 4) is 0 Å². The fraction of sp³-hybridized carbons (Fsp3) is 0.793. The standard InChI is InChI=1S/C29H65BS2Si6/c1-31-30(32-2)26-24(28(35(9,10)11)36(12,13)14)21-23(27(33(3,4)5)34(6,7)8)22-25(26)29(37(15,16)17)38(18,19)20/h21-22,27-29H,1-20H3. The van der Waals surface area contributed by atoms with Crippen molar-refractivity contribution in [3.05, 3.63) is 28.8 Å². The first-order chi connectivity index (χ1) is 16.6. The van der Waals surface area contributed by atoms with Crippen LogP contribution in [0.2, 0.25) is 118 Å². The molecule has 0 N–H and O–H groups in total. The van der Waals surface area contributed by atoms with Crippen LogP contribution in [0.3, 0.4) is 0 Å². The number of hydrogen-bond donors (Lipinski definition) is 0. The van der Waals surface area contributed by atoms with Crippen molar-refractivity contribution in [2.45, 2.75) is 133 Å². The van der Waals surface area contributed by atoms with Gasteiger partial charge in [0, 0.05) is 48.4 Å². The number of benzene rings is 1. The van der Waals surface area contributed by atoms with E-state index in [-0.39, 0.29) is 0 Å². The minimum atomic E-state index is -1.48. The van der Waals surface area contributed by atoms with E-state index in [0.717, 1.165) is 15.5 Å². The molecular formula is C29H65BS2Si6. The Morgan fingerprint density at radius 3 is 0.868 bits per heavy atom. The topological polar surface area (TPSA) is 0 Å². The molecule has 0 aliphatic rings. The summed E-state index contributed by atoms with van der Waals surface area (Å²) in [6.45, 7) is 47.9. The first kappa shape index (κ1) is 37.3. The van der Waals surface area contributed by atoms with E-state index >= 15 is 0 Å². The molecule has 0 amide bonds. The molecule has 0 fully saturated rings. The van der Waals surface area contributed by atoms with Crippen molar-refractivity contribution < 1.29 is 0 Å². The first-order valence-electron chi connectivity index (χ1n) is 14.8. The second-order valence-electron chi connectivity index (χ2n) is 18.4. The lowest BCUT2D eigenvalue weighted by Gasteiger charge is -2.46. The Labute approximate surface area is 255 Å². The molecule has 0 radical (unpaired) electrons. The van der Waals surface area contributed by atoms with Gasteiger partial charge in [-0.05, 0) is 33.6 Å². The van der Waals surface area contributed by atoms with Crippen molar-refractivity contribution in [2.75, 3.05) is 12.5 Å². The molecule has 0 heterocycles. The number of hydrogen-bond acceptors (Lipinski definition) is 2. The van der Waals surface area contributed by atoms with E-state index in [4.69, 9.17) is 0 Å². The van der Waals surface area contributed by atoms with Gasteiger partial charge in [-0.2, -0.15) is 23.2 Å². The predicted molar refractivity (Wildman–Crippen MR) is 207 cm³/mol. The Balaban J connectivity index is 4.64. The van der Waals surface area contributed by atoms with Crippen LogP contribution >= 0.6 is 23.2 Å². The van der Waals surface area contributed by atoms with Crippen LogP contribution in [0.15, 0.2) is 12.1 Å². The van der Waals surface area contributed by atoms with Gasteiger partial charge in [0.05, 0.1) is 0 Å². The van der Waals surface area contributed by atoms with Crippen molar-refractivity contribution in [1.82, 2.24) is 0 Å². The molecule has 1 aromatic rings. The lowest BCUT2D eigenvalue weighted by molar-refractivity contribution is 1.10. The normalized spacial score (nSPS) is 14.7. The molecule has 0 atom stereocenters. The molecule has 0 aliphatic carbocycles. The maximum Gasteiger partial charge on any atom is 0.307 e. The molecule has 38 heavy (non-hydrogen) atoms. The molecule has 0 saturated heterocycles. The van der Waals surface area contributed by atoms with Gasteiger partial charge in [-0.3, -0.25) is 0 Å². The van der Waals surface area contributed by atoms with E-state index in [1.807, 2.05) is 11.1 Å². The van der Waals surface area contributed by atoms with E-state index in [1.165, 1.54) is 0 Å². The molecule has 0 spiro atoms. The van der Waals surface area contributed by atoms with Crippen LogP contribution in [0.5, 0.6) is 0 Å². The summed E-state index contributed by atoms with van der Waals surface area (Å²) in [5, 5.41) is 2.87. The Morgan fingerprint density at radius 2 is 0.684 bits per heavy atom. The van der Waals surface area contributed by atoms with Crippen molar-refractivity contribution in [1.29, 1.82) is 0 Å². The van der Waals surface area contributed by atoms with E-state index in [2.05, 4.69) is 166 Å². The Kier molecular flexibility index (Phi) is 12.3. The lowest BCUT2D eigenvalue weighted by Crippen LogP contribution is -2.54. The molecule has 220 valence electrons. The fourth-order valence-corrected chi connectivity index (χ4v) is 48.7. The maximum absolute atomic E-state index is 2.85. The molecule has 9 heteroatoms. The summed E-state index contributed by atoms with van der Waals surface area (Å²) in [6.07, 6.45) is 4.73. The third-order valence-corrected chi connectivity index (χ3v) is 38.5. The highest BCUT2D eigenvalue weighted by Crippen LogP contribution is 2.45. The zero-order chi connectivity index (χ0) is 30.4. The third kappa shape index (κ3) is 9.14. The molecule has 1 rings (SSSR count). The number of rotatable bonds is 12. The van der Waals surface area contributed by atoms with Gasteiger partial charge in [-0.15, -0.1) is 0 Å². The lowest BCUT2D eigenvalue weighted by atomic mass is 9.82. The summed E-state index contributed by atoms with van der Waals surface area (Å²) in [5.41, 5.74) is 7.16. The van der Waals surface area contributed by atoms with Gasteiger partial charge >= 0.3 is 5.27 Å². The van der Waals surface area contributed by atoms with Gasteiger partial charge < -0.3 is 0 Å². The van der Waals surface area contributed by atoms with Gasteiger partial charge in [0.1, 0.15) is 0 Å². The van der Waals surface area contributed by atoms with Crippen molar-refractivity contribution in [2.24, 2.45) is 0 Å². The third-order valence-electron chi connectivity index (χ3n) is 8.08. The average molecular weight is 657 g/mol. The fourth-order valence-electron chi connectivity index (χ4n) is 8.73. The Bertz CT molecular complexity index is 842.